The van der Waals surface area contributed by atoms with Crippen LogP contribution in [0.15, 0.2) is 68.6 Å². The number of unbranched alkanes of at least 4 members (excludes halogenated alkanes) is 3. The largest absolute Gasteiger partial charge is 0.506 e. The molecule has 11 heteroatoms. The van der Waals surface area contributed by atoms with Crippen molar-refractivity contribution in [3.63, 3.8) is 0 Å². The molecule has 1 aliphatic heterocycles. The average Bonchev–Trinajstić information content (AvgIpc) is 2.79. The van der Waals surface area contributed by atoms with Crippen LogP contribution in [-0.2, 0) is 30.2 Å². The first-order chi connectivity index (χ1) is 16.2. The third-order valence-corrected chi connectivity index (χ3v) is 8.12. The number of rotatable bonds is 9. The molecule has 4 rings (SSSR count). The van der Waals surface area contributed by atoms with Crippen molar-refractivity contribution < 1.29 is 31.8 Å². The first-order valence-corrected chi connectivity index (χ1v) is 14.1. The molecule has 1 aliphatic rings. The number of phenolic OH excluding ortho intramolecular Hbond substituents is 1. The number of azo groups is 1. The van der Waals surface area contributed by atoms with Crippen LogP contribution in [0.2, 0.25) is 0 Å². The number of benzene rings is 3. The molecule has 0 amide bonds. The van der Waals surface area contributed by atoms with E-state index in [9.17, 15) is 18.1 Å². The Hall–Kier alpha value is -2.54. The van der Waals surface area contributed by atoms with Gasteiger partial charge in [0.15, 0.2) is 0 Å². The predicted molar refractivity (Wildman–Crippen MR) is 129 cm³/mol. The summed E-state index contributed by atoms with van der Waals surface area (Å²) in [6, 6.07) is 13.1. The first-order valence-electron chi connectivity index (χ1n) is 10.8. The van der Waals surface area contributed by atoms with E-state index in [1.54, 1.807) is 6.26 Å². The van der Waals surface area contributed by atoms with Gasteiger partial charge in [-0.05, 0) is 59.2 Å². The smallest absolute Gasteiger partial charge is 0.294 e. The normalized spacial score (nSPS) is 16.6. The summed E-state index contributed by atoms with van der Waals surface area (Å²) in [5.41, 5.74) is 1.94. The fraction of sp³-hybridized carbons (Fsp3) is 0.304. The highest BCUT2D eigenvalue weighted by Crippen LogP contribution is 2.65. The molecule has 0 unspecified atom stereocenters. The predicted octanol–water partition coefficient (Wildman–Crippen LogP) is 6.85. The molecule has 1 saturated heterocycles. The van der Waals surface area contributed by atoms with Gasteiger partial charge in [0.2, 0.25) is 0 Å². The summed E-state index contributed by atoms with van der Waals surface area (Å²) in [6.07, 6.45) is 7.37. The number of phenols is 1. The fourth-order valence-electron chi connectivity index (χ4n) is 3.69. The van der Waals surface area contributed by atoms with Gasteiger partial charge in [0.25, 0.3) is 10.1 Å². The summed E-state index contributed by atoms with van der Waals surface area (Å²) in [5, 5.41) is 24.3. The lowest BCUT2D eigenvalue weighted by atomic mass is 10.1. The van der Waals surface area contributed by atoms with Crippen molar-refractivity contribution in [2.45, 2.75) is 48.8 Å². The Balaban J connectivity index is 1.71. The lowest BCUT2D eigenvalue weighted by molar-refractivity contribution is -0.470. The molecule has 0 aromatic heterocycles. The van der Waals surface area contributed by atoms with E-state index >= 15 is 0 Å². The summed E-state index contributed by atoms with van der Waals surface area (Å²) in [7, 11) is -6.99. The minimum absolute atomic E-state index is 0.117. The van der Waals surface area contributed by atoms with Gasteiger partial charge in [0.1, 0.15) is 11.4 Å². The van der Waals surface area contributed by atoms with E-state index in [0.717, 1.165) is 12.8 Å². The standard InChI is InChI=1S/C23H26N2O7S2/c1-3-4-5-6-7-16-8-11-18(12-9-16)24-25-23-20(26)13-10-17-14-19(34(27,28)29)15-21(22(17)23)33(2)31-30-32-33/h8-15,26H,3-7H2,1-2H3,(H,27,28,29). The SMILES string of the molecule is CCCCCCc1ccc(N=Nc2c(O)ccc3cc(S(=O)(=O)O)cc(S4(C)OOO4)c23)cc1. The van der Waals surface area contributed by atoms with Crippen LogP contribution in [-0.4, -0.2) is 24.3 Å². The third kappa shape index (κ3) is 5.24. The molecular weight excluding hydrogens is 480 g/mol. The molecule has 0 saturated carbocycles. The molecule has 2 N–H and O–H groups in total. The van der Waals surface area contributed by atoms with Crippen LogP contribution in [0.1, 0.15) is 38.2 Å². The van der Waals surface area contributed by atoms with E-state index in [0.29, 0.717) is 16.5 Å². The Morgan fingerprint density at radius 2 is 1.71 bits per heavy atom. The van der Waals surface area contributed by atoms with Gasteiger partial charge in [0.05, 0.1) is 15.5 Å². The lowest BCUT2D eigenvalue weighted by Crippen LogP contribution is -2.19. The van der Waals surface area contributed by atoms with Crippen LogP contribution in [0.5, 0.6) is 5.75 Å². The number of fused-ring (bicyclic) bond motifs is 1. The molecule has 0 spiro atoms. The Kier molecular flexibility index (Phi) is 7.22. The molecule has 0 aliphatic carbocycles. The summed E-state index contributed by atoms with van der Waals surface area (Å²) in [6.45, 7) is 2.19. The minimum atomic E-state index is -4.51. The first kappa shape index (κ1) is 24.6. The number of hydrogen-bond donors (Lipinski definition) is 2. The average molecular weight is 507 g/mol. The number of hydrogen-bond acceptors (Lipinski definition) is 8. The Morgan fingerprint density at radius 1 is 0.971 bits per heavy atom. The maximum atomic E-state index is 11.8. The molecule has 34 heavy (non-hydrogen) atoms. The monoisotopic (exact) mass is 506 g/mol. The third-order valence-electron chi connectivity index (χ3n) is 5.54. The summed E-state index contributed by atoms with van der Waals surface area (Å²) < 4.78 is 43.5. The van der Waals surface area contributed by atoms with Gasteiger partial charge in [-0.3, -0.25) is 4.55 Å². The fourth-order valence-corrected chi connectivity index (χ4v) is 5.60. The van der Waals surface area contributed by atoms with Crippen molar-refractivity contribution in [2.75, 3.05) is 6.26 Å². The van der Waals surface area contributed by atoms with E-state index in [2.05, 4.69) is 22.2 Å². The summed E-state index contributed by atoms with van der Waals surface area (Å²) >= 11 is 0. The number of nitrogens with zero attached hydrogens (tertiary/aromatic N) is 2. The van der Waals surface area contributed by atoms with E-state index in [1.807, 2.05) is 24.3 Å². The molecule has 0 radical (unpaired) electrons. The molecule has 3 aromatic rings. The quantitative estimate of drug-likeness (QED) is 0.141. The Bertz CT molecular complexity index is 1320. The molecular formula is C23H26N2O7S2. The van der Waals surface area contributed by atoms with E-state index in [4.69, 9.17) is 8.67 Å². The second-order valence-corrected chi connectivity index (χ2v) is 11.8. The minimum Gasteiger partial charge on any atom is -0.506 e. The van der Waals surface area contributed by atoms with Gasteiger partial charge in [0, 0.05) is 11.6 Å². The zero-order chi connectivity index (χ0) is 24.3. The molecule has 1 heterocycles. The van der Waals surface area contributed by atoms with Gasteiger partial charge in [-0.25, -0.2) is 0 Å². The zero-order valence-corrected chi connectivity index (χ0v) is 20.4. The molecule has 3 aromatic carbocycles. The van der Waals surface area contributed by atoms with Crippen molar-refractivity contribution in [3.05, 3.63) is 54.1 Å². The maximum absolute atomic E-state index is 11.8. The Labute approximate surface area is 199 Å². The van der Waals surface area contributed by atoms with Gasteiger partial charge >= 0.3 is 0 Å². The van der Waals surface area contributed by atoms with Crippen LogP contribution in [0, 0.1) is 0 Å². The molecule has 9 nitrogen and oxygen atoms in total. The summed E-state index contributed by atoms with van der Waals surface area (Å²) in [5.74, 6) is -0.159. The van der Waals surface area contributed by atoms with Crippen LogP contribution < -0.4 is 0 Å². The molecule has 0 bridgehead atoms. The topological polar surface area (TPSA) is 127 Å². The zero-order valence-electron chi connectivity index (χ0n) is 18.8. The van der Waals surface area contributed by atoms with Crippen LogP contribution in [0.25, 0.3) is 10.8 Å². The van der Waals surface area contributed by atoms with E-state index in [1.165, 1.54) is 49.1 Å². The molecule has 1 fully saturated rings. The highest BCUT2D eigenvalue weighted by Gasteiger charge is 2.35. The van der Waals surface area contributed by atoms with Gasteiger partial charge in [-0.1, -0.05) is 53.1 Å². The van der Waals surface area contributed by atoms with Gasteiger partial charge in [-0.15, -0.1) is 15.7 Å². The van der Waals surface area contributed by atoms with E-state index in [-0.39, 0.29) is 21.2 Å². The van der Waals surface area contributed by atoms with Gasteiger partial charge < -0.3 is 5.11 Å². The number of aryl methyl sites for hydroxylation is 1. The Morgan fingerprint density at radius 3 is 2.32 bits per heavy atom. The second-order valence-electron chi connectivity index (χ2n) is 8.08. The van der Waals surface area contributed by atoms with Crippen molar-refractivity contribution in [3.8, 4) is 5.75 Å². The molecule has 182 valence electrons. The van der Waals surface area contributed by atoms with Crippen molar-refractivity contribution in [1.29, 1.82) is 0 Å². The van der Waals surface area contributed by atoms with Crippen molar-refractivity contribution in [2.24, 2.45) is 10.2 Å². The van der Waals surface area contributed by atoms with Gasteiger partial charge in [-0.2, -0.15) is 13.5 Å². The maximum Gasteiger partial charge on any atom is 0.294 e. The molecule has 0 atom stereocenters. The van der Waals surface area contributed by atoms with Crippen LogP contribution in [0.4, 0.5) is 11.4 Å². The van der Waals surface area contributed by atoms with Crippen LogP contribution >= 0.6 is 10.6 Å². The number of aromatic hydroxyl groups is 1. The highest BCUT2D eigenvalue weighted by atomic mass is 32.3. The van der Waals surface area contributed by atoms with Crippen molar-refractivity contribution >= 4 is 42.9 Å². The van der Waals surface area contributed by atoms with E-state index < -0.39 is 20.7 Å². The second kappa shape index (κ2) is 9.98. The summed E-state index contributed by atoms with van der Waals surface area (Å²) in [4.78, 5) is -0.0675. The van der Waals surface area contributed by atoms with Crippen LogP contribution in [0.3, 0.4) is 0 Å². The van der Waals surface area contributed by atoms with Crippen molar-refractivity contribution in [1.82, 2.24) is 0 Å². The lowest BCUT2D eigenvalue weighted by Gasteiger charge is -2.42. The highest BCUT2D eigenvalue weighted by molar-refractivity contribution is 8.25.